The van der Waals surface area contributed by atoms with Crippen molar-refractivity contribution in [2.75, 3.05) is 6.54 Å². The first kappa shape index (κ1) is 22.7. The van der Waals surface area contributed by atoms with Crippen LogP contribution in [0.3, 0.4) is 0 Å². The zero-order valence-corrected chi connectivity index (χ0v) is 19.0. The Labute approximate surface area is 187 Å². The first-order chi connectivity index (χ1) is 15.2. The highest BCUT2D eigenvalue weighted by atomic mass is 16.7. The molecule has 31 heavy (non-hydrogen) atoms. The topological polar surface area (TPSA) is 81.1 Å². The van der Waals surface area contributed by atoms with Crippen molar-refractivity contribution in [3.8, 4) is 6.07 Å². The van der Waals surface area contributed by atoms with Crippen molar-refractivity contribution in [2.24, 2.45) is 11.3 Å². The normalized spacial score (nSPS) is 33.2. The quantitative estimate of drug-likeness (QED) is 0.566. The van der Waals surface area contributed by atoms with Gasteiger partial charge in [-0.15, -0.1) is 0 Å². The van der Waals surface area contributed by atoms with E-state index in [1.807, 2.05) is 6.92 Å². The summed E-state index contributed by atoms with van der Waals surface area (Å²) in [7, 11) is 0. The van der Waals surface area contributed by atoms with E-state index >= 15 is 0 Å². The van der Waals surface area contributed by atoms with Gasteiger partial charge in [-0.3, -0.25) is 15.5 Å². The number of rotatable bonds is 5. The molecule has 3 aliphatic rings. The van der Waals surface area contributed by atoms with E-state index in [2.05, 4.69) is 51.8 Å². The second kappa shape index (κ2) is 10.9. The Balaban J connectivity index is 1.33. The lowest BCUT2D eigenvalue weighted by Gasteiger charge is -2.42. The molecule has 2 heterocycles. The van der Waals surface area contributed by atoms with Gasteiger partial charge in [-0.2, -0.15) is 10.7 Å². The lowest BCUT2D eigenvalue weighted by atomic mass is 9.66. The maximum atomic E-state index is 10.3. The summed E-state index contributed by atoms with van der Waals surface area (Å²) in [6.07, 6.45) is 12.6. The monoisotopic (exact) mass is 425 g/mol. The van der Waals surface area contributed by atoms with Crippen LogP contribution in [0.25, 0.3) is 0 Å². The van der Waals surface area contributed by atoms with E-state index in [1.54, 1.807) is 0 Å². The molecule has 4 rings (SSSR count). The molecule has 1 aromatic carbocycles. The molecule has 4 unspecified atom stereocenters. The third-order valence-corrected chi connectivity index (χ3v) is 7.52. The van der Waals surface area contributed by atoms with Crippen LogP contribution in [0, 0.1) is 22.7 Å². The van der Waals surface area contributed by atoms with Crippen LogP contribution < -0.4 is 21.4 Å². The van der Waals surface area contributed by atoms with E-state index in [4.69, 9.17) is 4.84 Å². The molecule has 4 atom stereocenters. The molecule has 2 saturated heterocycles. The number of benzene rings is 1. The molecule has 1 aromatic rings. The summed E-state index contributed by atoms with van der Waals surface area (Å²) >= 11 is 0. The standard InChI is InChI=1S/C25H39N5O/c1-19-29-24(30-31-19)21-12-10-20(11-13-21)17-28-23-16-25(18-26,14-15-27-23)22-8-6-4-2-3-5-7-9-22/h10-13,19,22-24,27-30H,2-9,14-17H2,1H3. The summed E-state index contributed by atoms with van der Waals surface area (Å²) in [6, 6.07) is 11.5. The minimum absolute atomic E-state index is 0.0198. The average molecular weight is 426 g/mol. The van der Waals surface area contributed by atoms with Crippen molar-refractivity contribution >= 4 is 0 Å². The summed E-state index contributed by atoms with van der Waals surface area (Å²) < 4.78 is 0. The van der Waals surface area contributed by atoms with Gasteiger partial charge in [0.15, 0.2) is 0 Å². The highest BCUT2D eigenvalue weighted by molar-refractivity contribution is 5.25. The second-order valence-electron chi connectivity index (χ2n) is 9.72. The van der Waals surface area contributed by atoms with Gasteiger partial charge in [0.25, 0.3) is 0 Å². The fraction of sp³-hybridized carbons (Fsp3) is 0.720. The lowest BCUT2D eigenvalue weighted by molar-refractivity contribution is 0.0329. The van der Waals surface area contributed by atoms with Crippen LogP contribution >= 0.6 is 0 Å². The average Bonchev–Trinajstić information content (AvgIpc) is 3.29. The highest BCUT2D eigenvalue weighted by Gasteiger charge is 2.42. The molecule has 0 aromatic heterocycles. The Morgan fingerprint density at radius 3 is 2.45 bits per heavy atom. The third-order valence-electron chi connectivity index (χ3n) is 7.52. The fourth-order valence-electron chi connectivity index (χ4n) is 5.61. The molecule has 2 aliphatic heterocycles. The van der Waals surface area contributed by atoms with E-state index < -0.39 is 0 Å². The maximum absolute atomic E-state index is 10.3. The van der Waals surface area contributed by atoms with Crippen LogP contribution in [-0.2, 0) is 11.4 Å². The van der Waals surface area contributed by atoms with E-state index in [1.165, 1.54) is 62.5 Å². The van der Waals surface area contributed by atoms with Gasteiger partial charge >= 0.3 is 0 Å². The summed E-state index contributed by atoms with van der Waals surface area (Å²) in [4.78, 5) is 5.37. The van der Waals surface area contributed by atoms with Gasteiger partial charge < -0.3 is 5.32 Å². The predicted octanol–water partition coefficient (Wildman–Crippen LogP) is 4.22. The van der Waals surface area contributed by atoms with Crippen molar-refractivity contribution in [3.63, 3.8) is 0 Å². The van der Waals surface area contributed by atoms with Gasteiger partial charge in [0, 0.05) is 6.54 Å². The van der Waals surface area contributed by atoms with Crippen LogP contribution in [0.15, 0.2) is 24.3 Å². The van der Waals surface area contributed by atoms with Crippen LogP contribution in [0.2, 0.25) is 0 Å². The van der Waals surface area contributed by atoms with E-state index in [0.29, 0.717) is 5.92 Å². The zero-order valence-electron chi connectivity index (χ0n) is 19.0. The smallest absolute Gasteiger partial charge is 0.128 e. The van der Waals surface area contributed by atoms with Crippen LogP contribution in [0.5, 0.6) is 0 Å². The van der Waals surface area contributed by atoms with E-state index in [-0.39, 0.29) is 24.0 Å². The summed E-state index contributed by atoms with van der Waals surface area (Å²) in [5.74, 6) is 0.553. The van der Waals surface area contributed by atoms with Crippen molar-refractivity contribution in [1.82, 2.24) is 21.4 Å². The second-order valence-corrected chi connectivity index (χ2v) is 9.72. The van der Waals surface area contributed by atoms with Gasteiger partial charge in [-0.25, -0.2) is 0 Å². The number of hydrogen-bond acceptors (Lipinski definition) is 6. The number of nitrogens with one attached hydrogen (secondary N) is 4. The number of piperidine rings is 1. The summed E-state index contributed by atoms with van der Waals surface area (Å²) in [6.45, 7) is 3.72. The Kier molecular flexibility index (Phi) is 7.97. The molecule has 0 radical (unpaired) electrons. The Hall–Kier alpha value is -1.49. The molecular weight excluding hydrogens is 386 g/mol. The molecular formula is C25H39N5O. The predicted molar refractivity (Wildman–Crippen MR) is 122 cm³/mol. The summed E-state index contributed by atoms with van der Waals surface area (Å²) in [5.41, 5.74) is 5.28. The number of nitriles is 1. The minimum Gasteiger partial charge on any atom is -0.302 e. The van der Waals surface area contributed by atoms with Crippen LogP contribution in [0.1, 0.15) is 88.4 Å². The van der Waals surface area contributed by atoms with E-state index in [9.17, 15) is 5.26 Å². The molecule has 1 saturated carbocycles. The van der Waals surface area contributed by atoms with Gasteiger partial charge in [-0.05, 0) is 56.2 Å². The maximum Gasteiger partial charge on any atom is 0.128 e. The van der Waals surface area contributed by atoms with Crippen molar-refractivity contribution in [1.29, 1.82) is 5.26 Å². The van der Waals surface area contributed by atoms with Crippen molar-refractivity contribution < 1.29 is 4.84 Å². The van der Waals surface area contributed by atoms with Crippen LogP contribution in [0.4, 0.5) is 0 Å². The number of hydrogen-bond donors (Lipinski definition) is 4. The first-order valence-corrected chi connectivity index (χ1v) is 12.3. The van der Waals surface area contributed by atoms with Crippen molar-refractivity contribution in [3.05, 3.63) is 35.4 Å². The molecule has 170 valence electrons. The summed E-state index contributed by atoms with van der Waals surface area (Å²) in [5, 5.41) is 20.9. The molecule has 0 spiro atoms. The SMILES string of the molecule is CC1NC(c2ccc(CNC3CC(C#N)(C4CCCCCCCC4)CCN3)cc2)NO1. The van der Waals surface area contributed by atoms with Crippen molar-refractivity contribution in [2.45, 2.75) is 96.2 Å². The molecule has 6 heteroatoms. The lowest BCUT2D eigenvalue weighted by Crippen LogP contribution is -2.53. The Morgan fingerprint density at radius 2 is 1.81 bits per heavy atom. The fourth-order valence-corrected chi connectivity index (χ4v) is 5.61. The minimum atomic E-state index is -0.173. The van der Waals surface area contributed by atoms with Gasteiger partial charge in [0.05, 0.1) is 17.6 Å². The first-order valence-electron chi connectivity index (χ1n) is 12.3. The third kappa shape index (κ3) is 5.85. The van der Waals surface area contributed by atoms with E-state index in [0.717, 1.165) is 25.9 Å². The Bertz CT molecular complexity index is 722. The molecule has 0 bridgehead atoms. The number of hydroxylamine groups is 1. The molecule has 4 N–H and O–H groups in total. The molecule has 0 amide bonds. The van der Waals surface area contributed by atoms with Gasteiger partial charge in [0.1, 0.15) is 12.4 Å². The van der Waals surface area contributed by atoms with Gasteiger partial charge in [0.2, 0.25) is 0 Å². The molecule has 3 fully saturated rings. The highest BCUT2D eigenvalue weighted by Crippen LogP contribution is 2.43. The largest absolute Gasteiger partial charge is 0.302 e. The number of nitrogens with zero attached hydrogens (tertiary/aromatic N) is 1. The van der Waals surface area contributed by atoms with Crippen LogP contribution in [-0.4, -0.2) is 18.9 Å². The van der Waals surface area contributed by atoms with Gasteiger partial charge in [-0.1, -0.05) is 62.8 Å². The molecule has 6 nitrogen and oxygen atoms in total. The zero-order chi connectivity index (χ0) is 21.5. The molecule has 1 aliphatic carbocycles. The Morgan fingerprint density at radius 1 is 1.10 bits per heavy atom.